The molecule has 0 aliphatic heterocycles. The van der Waals surface area contributed by atoms with Gasteiger partial charge in [0.25, 0.3) is 5.91 Å². The summed E-state index contributed by atoms with van der Waals surface area (Å²) in [6.45, 7) is 0. The van der Waals surface area contributed by atoms with Gasteiger partial charge in [-0.25, -0.2) is 5.43 Å². The number of nitrogens with one attached hydrogen (secondary N) is 1. The summed E-state index contributed by atoms with van der Waals surface area (Å²) in [7, 11) is 0. The third-order valence-electron chi connectivity index (χ3n) is 2.54. The van der Waals surface area contributed by atoms with Crippen molar-refractivity contribution in [2.24, 2.45) is 5.10 Å². The van der Waals surface area contributed by atoms with E-state index in [0.717, 1.165) is 0 Å². The van der Waals surface area contributed by atoms with Gasteiger partial charge in [0.15, 0.2) is 0 Å². The van der Waals surface area contributed by atoms with Gasteiger partial charge in [-0.1, -0.05) is 23.7 Å². The summed E-state index contributed by atoms with van der Waals surface area (Å²) in [6, 6.07) is 10.1. The quantitative estimate of drug-likeness (QED) is 0.560. The molecule has 2 rings (SSSR count). The molecule has 108 valence electrons. The molecular formula is C14H9Br2ClN2O2. The molecule has 0 unspecified atom stereocenters. The Balaban J connectivity index is 2.10. The van der Waals surface area contributed by atoms with Crippen LogP contribution >= 0.6 is 43.5 Å². The fourth-order valence-electron chi connectivity index (χ4n) is 1.53. The van der Waals surface area contributed by atoms with E-state index in [0.29, 0.717) is 25.1 Å². The van der Waals surface area contributed by atoms with E-state index in [1.807, 2.05) is 0 Å². The number of amides is 1. The third-order valence-corrected chi connectivity index (χ3v) is 4.08. The largest absolute Gasteiger partial charge is 0.506 e. The molecule has 2 N–H and O–H groups in total. The maximum Gasteiger partial charge on any atom is 0.272 e. The van der Waals surface area contributed by atoms with Crippen molar-refractivity contribution in [1.29, 1.82) is 0 Å². The van der Waals surface area contributed by atoms with Crippen molar-refractivity contribution < 1.29 is 9.90 Å². The molecular weight excluding hydrogens is 423 g/mol. The van der Waals surface area contributed by atoms with Crippen molar-refractivity contribution in [2.75, 3.05) is 0 Å². The van der Waals surface area contributed by atoms with E-state index in [4.69, 9.17) is 11.6 Å². The van der Waals surface area contributed by atoms with Gasteiger partial charge in [-0.15, -0.1) is 0 Å². The number of nitrogens with zero attached hydrogens (tertiary/aromatic N) is 1. The Morgan fingerprint density at radius 1 is 1.24 bits per heavy atom. The number of hydrogen-bond acceptors (Lipinski definition) is 3. The molecule has 0 radical (unpaired) electrons. The van der Waals surface area contributed by atoms with Gasteiger partial charge < -0.3 is 5.11 Å². The van der Waals surface area contributed by atoms with Crippen LogP contribution in [0, 0.1) is 0 Å². The molecule has 21 heavy (non-hydrogen) atoms. The first-order valence-electron chi connectivity index (χ1n) is 5.75. The average molecular weight is 432 g/mol. The Hall–Kier alpha value is -1.37. The number of phenolic OH excluding ortho intramolecular Hbond substituents is 1. The molecule has 0 spiro atoms. The Bertz CT molecular complexity index is 697. The Morgan fingerprint density at radius 3 is 2.48 bits per heavy atom. The van der Waals surface area contributed by atoms with Crippen LogP contribution < -0.4 is 5.43 Å². The minimum Gasteiger partial charge on any atom is -0.506 e. The first-order chi connectivity index (χ1) is 9.99. The lowest BCUT2D eigenvalue weighted by Crippen LogP contribution is -2.17. The van der Waals surface area contributed by atoms with Crippen molar-refractivity contribution >= 4 is 55.6 Å². The number of hydrogen-bond donors (Lipinski definition) is 2. The van der Waals surface area contributed by atoms with Crippen LogP contribution in [0.2, 0.25) is 5.02 Å². The van der Waals surface area contributed by atoms with Crippen LogP contribution in [-0.2, 0) is 0 Å². The van der Waals surface area contributed by atoms with Gasteiger partial charge in [-0.05, 0) is 61.7 Å². The van der Waals surface area contributed by atoms with E-state index in [-0.39, 0.29) is 5.75 Å². The van der Waals surface area contributed by atoms with Crippen molar-refractivity contribution in [1.82, 2.24) is 5.43 Å². The highest BCUT2D eigenvalue weighted by Crippen LogP contribution is 2.32. The lowest BCUT2D eigenvalue weighted by atomic mass is 10.2. The van der Waals surface area contributed by atoms with Gasteiger partial charge in [0.2, 0.25) is 0 Å². The number of phenols is 1. The zero-order valence-electron chi connectivity index (χ0n) is 10.5. The van der Waals surface area contributed by atoms with Crippen molar-refractivity contribution in [2.45, 2.75) is 0 Å². The summed E-state index contributed by atoms with van der Waals surface area (Å²) < 4.78 is 1.05. The summed E-state index contributed by atoms with van der Waals surface area (Å²) in [4.78, 5) is 11.9. The van der Waals surface area contributed by atoms with Gasteiger partial charge in [0.1, 0.15) is 5.75 Å². The first-order valence-corrected chi connectivity index (χ1v) is 7.71. The van der Waals surface area contributed by atoms with E-state index < -0.39 is 5.91 Å². The monoisotopic (exact) mass is 430 g/mol. The third kappa shape index (κ3) is 4.06. The number of benzene rings is 2. The standard InChI is InChI=1S/C14H9Br2ClN2O2/c15-10-5-8(6-11(16)13(10)20)7-18-19-14(21)9-3-1-2-4-12(9)17/h1-7,20H,(H,19,21)/b18-7-. The molecule has 4 nitrogen and oxygen atoms in total. The van der Waals surface area contributed by atoms with Crippen LogP contribution in [0.1, 0.15) is 15.9 Å². The minimum absolute atomic E-state index is 0.104. The highest BCUT2D eigenvalue weighted by molar-refractivity contribution is 9.11. The predicted molar refractivity (Wildman–Crippen MR) is 90.0 cm³/mol. The zero-order valence-corrected chi connectivity index (χ0v) is 14.4. The SMILES string of the molecule is O=C(N/N=C\c1cc(Br)c(O)c(Br)c1)c1ccccc1Cl. The molecule has 0 aromatic heterocycles. The summed E-state index contributed by atoms with van der Waals surface area (Å²) in [6.07, 6.45) is 1.46. The van der Waals surface area contributed by atoms with E-state index in [9.17, 15) is 9.90 Å². The van der Waals surface area contributed by atoms with Crippen LogP contribution in [0.4, 0.5) is 0 Å². The summed E-state index contributed by atoms with van der Waals surface area (Å²) in [5, 5.41) is 13.8. The molecule has 2 aromatic rings. The molecule has 2 aromatic carbocycles. The molecule has 7 heteroatoms. The van der Waals surface area contributed by atoms with Gasteiger partial charge in [0.05, 0.1) is 25.7 Å². The summed E-state index contributed by atoms with van der Waals surface area (Å²) >= 11 is 12.4. The maximum absolute atomic E-state index is 11.9. The Morgan fingerprint density at radius 2 is 1.86 bits per heavy atom. The fourth-order valence-corrected chi connectivity index (χ4v) is 2.97. The van der Waals surface area contributed by atoms with Crippen molar-refractivity contribution in [3.8, 4) is 5.75 Å². The Labute approximate surface area is 143 Å². The molecule has 0 heterocycles. The van der Waals surface area contributed by atoms with E-state index in [1.165, 1.54) is 6.21 Å². The second-order valence-corrected chi connectivity index (χ2v) is 6.13. The second kappa shape index (κ2) is 7.06. The van der Waals surface area contributed by atoms with Crippen molar-refractivity contribution in [3.63, 3.8) is 0 Å². The number of carbonyl (C=O) groups is 1. The number of carbonyl (C=O) groups excluding carboxylic acids is 1. The van der Waals surface area contributed by atoms with Crippen LogP contribution in [0.25, 0.3) is 0 Å². The fraction of sp³-hybridized carbons (Fsp3) is 0. The number of aromatic hydroxyl groups is 1. The Kier molecular flexibility index (Phi) is 5.39. The molecule has 0 fully saturated rings. The molecule has 1 amide bonds. The maximum atomic E-state index is 11.9. The predicted octanol–water partition coefficient (Wildman–Crippen LogP) is 4.33. The minimum atomic E-state index is -0.395. The number of hydrazone groups is 1. The summed E-state index contributed by atoms with van der Waals surface area (Å²) in [5.41, 5.74) is 3.45. The average Bonchev–Trinajstić information content (AvgIpc) is 2.45. The molecule has 0 saturated carbocycles. The number of halogens is 3. The van der Waals surface area contributed by atoms with Crippen LogP contribution in [0.15, 0.2) is 50.4 Å². The van der Waals surface area contributed by atoms with Gasteiger partial charge in [0, 0.05) is 0 Å². The summed E-state index contributed by atoms with van der Waals surface area (Å²) in [5.74, 6) is -0.291. The normalized spacial score (nSPS) is 10.8. The van der Waals surface area contributed by atoms with Crippen LogP contribution in [0.5, 0.6) is 5.75 Å². The van der Waals surface area contributed by atoms with Crippen molar-refractivity contribution in [3.05, 3.63) is 61.5 Å². The lowest BCUT2D eigenvalue weighted by Gasteiger charge is -2.03. The van der Waals surface area contributed by atoms with Crippen LogP contribution in [-0.4, -0.2) is 17.2 Å². The zero-order chi connectivity index (χ0) is 15.4. The van der Waals surface area contributed by atoms with Gasteiger partial charge in [-0.2, -0.15) is 5.10 Å². The highest BCUT2D eigenvalue weighted by Gasteiger charge is 2.08. The second-order valence-electron chi connectivity index (χ2n) is 4.01. The molecule has 0 saturated heterocycles. The topological polar surface area (TPSA) is 61.7 Å². The van der Waals surface area contributed by atoms with Crippen LogP contribution in [0.3, 0.4) is 0 Å². The van der Waals surface area contributed by atoms with Gasteiger partial charge in [-0.3, -0.25) is 4.79 Å². The van der Waals surface area contributed by atoms with E-state index in [1.54, 1.807) is 36.4 Å². The smallest absolute Gasteiger partial charge is 0.272 e. The molecule has 0 bridgehead atoms. The van der Waals surface area contributed by atoms with E-state index >= 15 is 0 Å². The lowest BCUT2D eigenvalue weighted by molar-refractivity contribution is 0.0955. The highest BCUT2D eigenvalue weighted by atomic mass is 79.9. The van der Waals surface area contributed by atoms with Gasteiger partial charge >= 0.3 is 0 Å². The molecule has 0 atom stereocenters. The first kappa shape index (κ1) is 16.0. The number of rotatable bonds is 3. The molecule has 0 aliphatic rings. The van der Waals surface area contributed by atoms with E-state index in [2.05, 4.69) is 42.4 Å². The molecule has 0 aliphatic carbocycles.